The van der Waals surface area contributed by atoms with Gasteiger partial charge in [0.15, 0.2) is 0 Å². The number of alkyl halides is 2. The van der Waals surface area contributed by atoms with Crippen molar-refractivity contribution < 1.29 is 44.7 Å². The topological polar surface area (TPSA) is 56.5 Å². The molecule has 1 saturated carbocycles. The largest absolute Gasteiger partial charge is 0.476 e. The van der Waals surface area contributed by atoms with Gasteiger partial charge < -0.3 is 9.69 Å². The molecular formula is C32H44F2N3OU-. The maximum absolute atomic E-state index is 14.1. The van der Waals surface area contributed by atoms with Crippen LogP contribution in [0.15, 0.2) is 47.5 Å². The SMILES string of the molecule is CC.CC=Nc1ccc(C#N)cc1C.CCCC[C@@H]1C[C@H](CN([C-]=O)c2ccccc2CC)CCC1(F)F.[U]. The number of hydrogen-bond acceptors (Lipinski definition) is 3. The molecule has 2 aromatic carbocycles. The molecule has 7 heteroatoms. The molecule has 39 heavy (non-hydrogen) atoms. The number of aryl methyl sites for hydroxylation is 2. The molecule has 2 atom stereocenters. The fourth-order valence-electron chi connectivity index (χ4n) is 4.76. The average molecular weight is 763 g/mol. The van der Waals surface area contributed by atoms with E-state index in [-0.39, 0.29) is 43.5 Å². The minimum absolute atomic E-state index is 0. The molecular weight excluding hydrogens is 718 g/mol. The summed E-state index contributed by atoms with van der Waals surface area (Å²) in [4.78, 5) is 17.2. The zero-order chi connectivity index (χ0) is 28.6. The number of amides is 1. The number of aliphatic imine (C=N–C) groups is 1. The Balaban J connectivity index is 0.000000812. The standard InChI is InChI=1S/C20H28F2NO.C10H10N2.C2H6.U/c1-3-5-9-18-13-16(11-12-20(18,21)22)14-23(15-24)19-10-7-6-8-17(19)4-2;1-3-12-10-5-4-9(7-11)6-8(10)2;1-2;/h6-8,10,16,18H,3-5,9,11-14H2,1-2H3;3-6H,1-2H3;1-2H3;/q-1;;;/t16-,18-;;;/m1.../s1. The van der Waals surface area contributed by atoms with Crippen molar-refractivity contribution in [3.05, 3.63) is 59.2 Å². The quantitative estimate of drug-likeness (QED) is 0.146. The zero-order valence-electron chi connectivity index (χ0n) is 24.4. The molecule has 0 heterocycles. The summed E-state index contributed by atoms with van der Waals surface area (Å²) in [5.41, 5.74) is 4.59. The number of anilines is 1. The van der Waals surface area contributed by atoms with Crippen molar-refractivity contribution in [2.75, 3.05) is 11.4 Å². The smallest absolute Gasteiger partial charge is 0.250 e. The minimum atomic E-state index is -2.55. The third kappa shape index (κ3) is 11.9. The van der Waals surface area contributed by atoms with Crippen molar-refractivity contribution in [2.24, 2.45) is 16.8 Å². The maximum atomic E-state index is 14.1. The van der Waals surface area contributed by atoms with Gasteiger partial charge in [-0.2, -0.15) is 5.26 Å². The second kappa shape index (κ2) is 19.9. The first-order chi connectivity index (χ1) is 18.3. The van der Waals surface area contributed by atoms with Crippen molar-refractivity contribution in [3.63, 3.8) is 0 Å². The second-order valence-corrected chi connectivity index (χ2v) is 9.43. The van der Waals surface area contributed by atoms with E-state index in [2.05, 4.69) is 11.1 Å². The van der Waals surface area contributed by atoms with E-state index in [0.29, 0.717) is 31.4 Å². The first kappa shape index (κ1) is 37.0. The van der Waals surface area contributed by atoms with Crippen LogP contribution in [0.5, 0.6) is 0 Å². The molecule has 3 rings (SSSR count). The van der Waals surface area contributed by atoms with Crippen LogP contribution in [0.25, 0.3) is 0 Å². The molecule has 212 valence electrons. The van der Waals surface area contributed by atoms with Gasteiger partial charge in [0.05, 0.1) is 23.7 Å². The van der Waals surface area contributed by atoms with E-state index in [1.807, 2.05) is 84.4 Å². The Kier molecular flexibility index (Phi) is 18.9. The molecule has 0 saturated heterocycles. The van der Waals surface area contributed by atoms with Gasteiger partial charge in [-0.05, 0) is 75.8 Å². The van der Waals surface area contributed by atoms with Gasteiger partial charge in [-0.3, -0.25) is 4.99 Å². The van der Waals surface area contributed by atoms with Crippen molar-refractivity contribution >= 4 is 24.0 Å². The zero-order valence-corrected chi connectivity index (χ0v) is 28.6. The molecule has 4 nitrogen and oxygen atoms in total. The molecule has 0 bridgehead atoms. The van der Waals surface area contributed by atoms with Crippen LogP contribution in [-0.4, -0.2) is 25.1 Å². The summed E-state index contributed by atoms with van der Waals surface area (Å²) in [5.74, 6) is -2.98. The van der Waals surface area contributed by atoms with Crippen molar-refractivity contribution in [3.8, 4) is 6.07 Å². The van der Waals surface area contributed by atoms with Crippen molar-refractivity contribution in [1.29, 1.82) is 5.26 Å². The number of benzene rings is 2. The van der Waals surface area contributed by atoms with Gasteiger partial charge in [-0.1, -0.05) is 58.7 Å². The molecule has 0 spiro atoms. The van der Waals surface area contributed by atoms with Gasteiger partial charge in [-0.15, -0.1) is 17.3 Å². The Morgan fingerprint density at radius 3 is 2.46 bits per heavy atom. The van der Waals surface area contributed by atoms with Crippen LogP contribution in [0.2, 0.25) is 0 Å². The van der Waals surface area contributed by atoms with Gasteiger partial charge in [0.2, 0.25) is 0 Å². The minimum Gasteiger partial charge on any atom is -0.476 e. The number of nitrogens with zero attached hydrogens (tertiary/aromatic N) is 3. The predicted molar refractivity (Wildman–Crippen MR) is 155 cm³/mol. The number of para-hydroxylation sites is 1. The molecule has 1 aliphatic carbocycles. The fraction of sp³-hybridized carbons (Fsp3) is 0.531. The molecule has 0 aliphatic heterocycles. The monoisotopic (exact) mass is 762 g/mol. The van der Waals surface area contributed by atoms with Crippen LogP contribution >= 0.6 is 0 Å². The van der Waals surface area contributed by atoms with E-state index in [1.54, 1.807) is 17.2 Å². The van der Waals surface area contributed by atoms with Crippen LogP contribution < -0.4 is 4.90 Å². The third-order valence-corrected chi connectivity index (χ3v) is 6.82. The first-order valence-corrected chi connectivity index (χ1v) is 13.9. The number of rotatable bonds is 9. The molecule has 0 radical (unpaired) electrons. The van der Waals surface area contributed by atoms with E-state index in [0.717, 1.165) is 41.8 Å². The summed E-state index contributed by atoms with van der Waals surface area (Å²) in [7, 11) is 0. The van der Waals surface area contributed by atoms with E-state index in [9.17, 15) is 13.6 Å². The van der Waals surface area contributed by atoms with Crippen LogP contribution in [0, 0.1) is 61.2 Å². The Hall–Kier alpha value is -2.02. The number of unbranched alkanes of at least 4 members (excludes halogenated alkanes) is 1. The predicted octanol–water partition coefficient (Wildman–Crippen LogP) is 8.98. The molecule has 2 aromatic rings. The fourth-order valence-corrected chi connectivity index (χ4v) is 4.76. The van der Waals surface area contributed by atoms with Gasteiger partial charge in [0.25, 0.3) is 5.92 Å². The van der Waals surface area contributed by atoms with Crippen LogP contribution in [0.1, 0.15) is 89.8 Å². The van der Waals surface area contributed by atoms with Gasteiger partial charge in [0.1, 0.15) is 0 Å². The Labute approximate surface area is 258 Å². The van der Waals surface area contributed by atoms with Gasteiger partial charge in [-0.25, -0.2) is 8.78 Å². The van der Waals surface area contributed by atoms with Crippen LogP contribution in [-0.2, 0) is 11.2 Å². The molecule has 0 unspecified atom stereocenters. The molecule has 1 amide bonds. The normalized spacial score (nSPS) is 17.4. The number of hydrogen-bond donors (Lipinski definition) is 0. The maximum Gasteiger partial charge on any atom is 0.250 e. The molecule has 1 aliphatic rings. The summed E-state index contributed by atoms with van der Waals surface area (Å²) in [5, 5.41) is 8.59. The summed E-state index contributed by atoms with van der Waals surface area (Å²) < 4.78 is 28.3. The van der Waals surface area contributed by atoms with E-state index in [4.69, 9.17) is 5.26 Å². The van der Waals surface area contributed by atoms with E-state index in [1.165, 1.54) is 0 Å². The number of halogens is 2. The number of nitriles is 1. The first-order valence-electron chi connectivity index (χ1n) is 13.9. The summed E-state index contributed by atoms with van der Waals surface area (Å²) in [6.07, 6.45) is 7.86. The van der Waals surface area contributed by atoms with E-state index >= 15 is 0 Å². The van der Waals surface area contributed by atoms with E-state index < -0.39 is 11.8 Å². The summed E-state index contributed by atoms with van der Waals surface area (Å²) in [6, 6.07) is 15.3. The summed E-state index contributed by atoms with van der Waals surface area (Å²) >= 11 is 0. The van der Waals surface area contributed by atoms with Crippen molar-refractivity contribution in [2.45, 2.75) is 92.4 Å². The summed E-state index contributed by atoms with van der Waals surface area (Å²) in [6.45, 7) is 12.4. The number of carbonyl (C=O) groups excluding carboxylic acids is 1. The van der Waals surface area contributed by atoms with Crippen molar-refractivity contribution in [1.82, 2.24) is 0 Å². The van der Waals surface area contributed by atoms with Gasteiger partial charge in [0, 0.05) is 49.7 Å². The second-order valence-electron chi connectivity index (χ2n) is 9.43. The van der Waals surface area contributed by atoms with Crippen LogP contribution in [0.4, 0.5) is 20.2 Å². The molecule has 1 fully saturated rings. The Morgan fingerprint density at radius 2 is 1.90 bits per heavy atom. The Morgan fingerprint density at radius 1 is 1.21 bits per heavy atom. The van der Waals surface area contributed by atoms with Gasteiger partial charge >= 0.3 is 0 Å². The van der Waals surface area contributed by atoms with Crippen LogP contribution in [0.3, 0.4) is 0 Å². The third-order valence-electron chi connectivity index (χ3n) is 6.82. The Bertz CT molecular complexity index is 1050. The molecule has 0 aromatic heterocycles. The molecule has 0 N–H and O–H groups in total. The average Bonchev–Trinajstić information content (AvgIpc) is 2.94.